The predicted molar refractivity (Wildman–Crippen MR) is 102 cm³/mol. The molecule has 138 valence electrons. The lowest BCUT2D eigenvalue weighted by Crippen LogP contribution is -2.40. The SMILES string of the molecule is CCc1nncn1CCNC(=NCCCOC)NCCc1cccs1. The fraction of sp³-hybridized carbons (Fsp3) is 0.588. The molecule has 0 amide bonds. The first-order valence-corrected chi connectivity index (χ1v) is 9.61. The molecule has 2 heterocycles. The van der Waals surface area contributed by atoms with E-state index in [0.717, 1.165) is 63.8 Å². The number of hydrogen-bond donors (Lipinski definition) is 2. The molecule has 7 nitrogen and oxygen atoms in total. The average molecular weight is 365 g/mol. The van der Waals surface area contributed by atoms with Crippen molar-refractivity contribution in [3.8, 4) is 0 Å². The number of ether oxygens (including phenoxy) is 1. The van der Waals surface area contributed by atoms with Crippen LogP contribution in [-0.2, 0) is 24.1 Å². The number of rotatable bonds is 11. The van der Waals surface area contributed by atoms with Gasteiger partial charge in [0.25, 0.3) is 0 Å². The van der Waals surface area contributed by atoms with Gasteiger partial charge in [-0.3, -0.25) is 4.99 Å². The van der Waals surface area contributed by atoms with Gasteiger partial charge in [0.1, 0.15) is 12.2 Å². The summed E-state index contributed by atoms with van der Waals surface area (Å²) in [6, 6.07) is 4.25. The first kappa shape index (κ1) is 19.4. The quantitative estimate of drug-likeness (QED) is 0.361. The zero-order chi connectivity index (χ0) is 17.7. The van der Waals surface area contributed by atoms with Gasteiger partial charge in [-0.05, 0) is 24.3 Å². The molecule has 0 saturated carbocycles. The van der Waals surface area contributed by atoms with E-state index in [4.69, 9.17) is 4.74 Å². The van der Waals surface area contributed by atoms with Crippen LogP contribution in [0.15, 0.2) is 28.8 Å². The van der Waals surface area contributed by atoms with E-state index in [-0.39, 0.29) is 0 Å². The molecule has 2 rings (SSSR count). The summed E-state index contributed by atoms with van der Waals surface area (Å²) in [5.74, 6) is 1.85. The van der Waals surface area contributed by atoms with Crippen molar-refractivity contribution in [1.82, 2.24) is 25.4 Å². The van der Waals surface area contributed by atoms with Gasteiger partial charge < -0.3 is 19.9 Å². The predicted octanol–water partition coefficient (Wildman–Crippen LogP) is 1.72. The van der Waals surface area contributed by atoms with Crippen LogP contribution in [0, 0.1) is 0 Å². The lowest BCUT2D eigenvalue weighted by molar-refractivity contribution is 0.197. The first-order chi connectivity index (χ1) is 12.3. The normalized spacial score (nSPS) is 11.7. The summed E-state index contributed by atoms with van der Waals surface area (Å²) in [5.41, 5.74) is 0. The summed E-state index contributed by atoms with van der Waals surface area (Å²) >= 11 is 1.79. The van der Waals surface area contributed by atoms with Gasteiger partial charge >= 0.3 is 0 Å². The Morgan fingerprint density at radius 3 is 3.00 bits per heavy atom. The van der Waals surface area contributed by atoms with Gasteiger partial charge in [-0.25, -0.2) is 0 Å². The number of aromatic nitrogens is 3. The first-order valence-electron chi connectivity index (χ1n) is 8.73. The molecular formula is C17H28N6OS. The number of methoxy groups -OCH3 is 1. The Kier molecular flexibility index (Phi) is 9.00. The molecule has 25 heavy (non-hydrogen) atoms. The fourth-order valence-electron chi connectivity index (χ4n) is 2.37. The summed E-state index contributed by atoms with van der Waals surface area (Å²) in [6.07, 6.45) is 4.58. The highest BCUT2D eigenvalue weighted by Crippen LogP contribution is 2.07. The second-order valence-electron chi connectivity index (χ2n) is 5.55. The summed E-state index contributed by atoms with van der Waals surface area (Å²) in [7, 11) is 1.71. The van der Waals surface area contributed by atoms with Crippen molar-refractivity contribution in [3.05, 3.63) is 34.5 Å². The zero-order valence-corrected chi connectivity index (χ0v) is 15.9. The van der Waals surface area contributed by atoms with Gasteiger partial charge in [0, 0.05) is 51.2 Å². The number of thiophene rings is 1. The van der Waals surface area contributed by atoms with E-state index in [1.807, 2.05) is 0 Å². The third kappa shape index (κ3) is 7.23. The Balaban J connectivity index is 1.78. The molecular weight excluding hydrogens is 336 g/mol. The van der Waals surface area contributed by atoms with E-state index in [9.17, 15) is 0 Å². The van der Waals surface area contributed by atoms with Crippen LogP contribution in [0.25, 0.3) is 0 Å². The minimum Gasteiger partial charge on any atom is -0.385 e. The molecule has 0 aliphatic rings. The van der Waals surface area contributed by atoms with Crippen molar-refractivity contribution in [2.24, 2.45) is 4.99 Å². The molecule has 0 saturated heterocycles. The molecule has 0 radical (unpaired) electrons. The zero-order valence-electron chi connectivity index (χ0n) is 15.1. The maximum Gasteiger partial charge on any atom is 0.191 e. The second-order valence-corrected chi connectivity index (χ2v) is 6.59. The van der Waals surface area contributed by atoms with Crippen LogP contribution >= 0.6 is 11.3 Å². The monoisotopic (exact) mass is 364 g/mol. The van der Waals surface area contributed by atoms with Crippen molar-refractivity contribution in [1.29, 1.82) is 0 Å². The van der Waals surface area contributed by atoms with Gasteiger partial charge in [0.2, 0.25) is 0 Å². The van der Waals surface area contributed by atoms with E-state index >= 15 is 0 Å². The minimum absolute atomic E-state index is 0.729. The highest BCUT2D eigenvalue weighted by Gasteiger charge is 2.03. The maximum atomic E-state index is 5.08. The average Bonchev–Trinajstić information content (AvgIpc) is 3.29. The smallest absolute Gasteiger partial charge is 0.191 e. The Labute approximate surface area is 153 Å². The molecule has 2 aromatic rings. The van der Waals surface area contributed by atoms with Crippen molar-refractivity contribution in [3.63, 3.8) is 0 Å². The van der Waals surface area contributed by atoms with E-state index in [1.54, 1.807) is 24.8 Å². The van der Waals surface area contributed by atoms with Gasteiger partial charge in [-0.15, -0.1) is 21.5 Å². The molecule has 0 aromatic carbocycles. The van der Waals surface area contributed by atoms with Crippen LogP contribution in [0.3, 0.4) is 0 Å². The molecule has 0 atom stereocenters. The molecule has 8 heteroatoms. The van der Waals surface area contributed by atoms with E-state index in [1.165, 1.54) is 4.88 Å². The molecule has 0 unspecified atom stereocenters. The largest absolute Gasteiger partial charge is 0.385 e. The number of nitrogens with zero attached hydrogens (tertiary/aromatic N) is 4. The molecule has 0 aliphatic heterocycles. The Morgan fingerprint density at radius 2 is 2.24 bits per heavy atom. The van der Waals surface area contributed by atoms with Crippen LogP contribution in [-0.4, -0.2) is 54.1 Å². The van der Waals surface area contributed by atoms with Crippen molar-refractivity contribution >= 4 is 17.3 Å². The van der Waals surface area contributed by atoms with Gasteiger partial charge in [0.05, 0.1) is 0 Å². The number of aliphatic imine (C=N–C) groups is 1. The van der Waals surface area contributed by atoms with E-state index < -0.39 is 0 Å². The molecule has 2 N–H and O–H groups in total. The van der Waals surface area contributed by atoms with Gasteiger partial charge in [-0.2, -0.15) is 0 Å². The maximum absolute atomic E-state index is 5.08. The summed E-state index contributed by atoms with van der Waals surface area (Å²) < 4.78 is 7.15. The van der Waals surface area contributed by atoms with Crippen LogP contribution in [0.5, 0.6) is 0 Å². The van der Waals surface area contributed by atoms with Crippen LogP contribution < -0.4 is 10.6 Å². The summed E-state index contributed by atoms with van der Waals surface area (Å²) in [4.78, 5) is 6.00. The lowest BCUT2D eigenvalue weighted by Gasteiger charge is -2.13. The standard InChI is InChI=1S/C17H28N6OS/c1-3-16-22-21-14-23(16)11-10-20-17(18-8-5-12-24-2)19-9-7-15-6-4-13-25-15/h4,6,13-14H,3,5,7-12H2,1-2H3,(H2,18,19,20). The minimum atomic E-state index is 0.729. The summed E-state index contributed by atoms with van der Waals surface area (Å²) in [6.45, 7) is 6.02. The topological polar surface area (TPSA) is 76.4 Å². The van der Waals surface area contributed by atoms with E-state index in [0.29, 0.717) is 0 Å². The number of guanidine groups is 1. The lowest BCUT2D eigenvalue weighted by atomic mass is 10.3. The highest BCUT2D eigenvalue weighted by atomic mass is 32.1. The Bertz CT molecular complexity index is 610. The van der Waals surface area contributed by atoms with Gasteiger partial charge in [-0.1, -0.05) is 13.0 Å². The van der Waals surface area contributed by atoms with Crippen LogP contribution in [0.1, 0.15) is 24.0 Å². The number of hydrogen-bond acceptors (Lipinski definition) is 5. The van der Waals surface area contributed by atoms with E-state index in [2.05, 4.69) is 54.8 Å². The second kappa shape index (κ2) is 11.6. The Hall–Kier alpha value is -1.93. The molecule has 0 spiro atoms. The molecule has 0 bridgehead atoms. The van der Waals surface area contributed by atoms with Crippen molar-refractivity contribution in [2.45, 2.75) is 32.7 Å². The number of aryl methyl sites for hydroxylation is 1. The molecule has 0 fully saturated rings. The number of nitrogens with one attached hydrogen (secondary N) is 2. The van der Waals surface area contributed by atoms with Gasteiger partial charge in [0.15, 0.2) is 5.96 Å². The molecule has 2 aromatic heterocycles. The van der Waals surface area contributed by atoms with Crippen LogP contribution in [0.2, 0.25) is 0 Å². The Morgan fingerprint density at radius 1 is 1.36 bits per heavy atom. The highest BCUT2D eigenvalue weighted by molar-refractivity contribution is 7.09. The van der Waals surface area contributed by atoms with Crippen molar-refractivity contribution in [2.75, 3.05) is 33.4 Å². The van der Waals surface area contributed by atoms with Crippen molar-refractivity contribution < 1.29 is 4.74 Å². The summed E-state index contributed by atoms with van der Waals surface area (Å²) in [5, 5.41) is 17.0. The van der Waals surface area contributed by atoms with Crippen LogP contribution in [0.4, 0.5) is 0 Å². The molecule has 0 aliphatic carbocycles. The third-order valence-corrected chi connectivity index (χ3v) is 4.61. The third-order valence-electron chi connectivity index (χ3n) is 3.68. The fourth-order valence-corrected chi connectivity index (χ4v) is 3.08.